The lowest BCUT2D eigenvalue weighted by atomic mass is 10.3. The van der Waals surface area contributed by atoms with Crippen LogP contribution in [0, 0.1) is 0 Å². The van der Waals surface area contributed by atoms with E-state index in [1.54, 1.807) is 11.8 Å². The van der Waals surface area contributed by atoms with E-state index in [-0.39, 0.29) is 5.75 Å². The monoisotopic (exact) mass is 268 g/mol. The first-order valence-electron chi connectivity index (χ1n) is 5.72. The summed E-state index contributed by atoms with van der Waals surface area (Å²) in [5.74, 6) is 0.167. The summed E-state index contributed by atoms with van der Waals surface area (Å²) in [6.07, 6.45) is 3.94. The highest BCUT2D eigenvalue weighted by atomic mass is 32.2. The van der Waals surface area contributed by atoms with Crippen molar-refractivity contribution in [1.82, 2.24) is 10.0 Å². The average Bonchev–Trinajstić information content (AvgIpc) is 2.24. The van der Waals surface area contributed by atoms with Crippen LogP contribution in [0.2, 0.25) is 0 Å². The molecular formula is C10H24N2O2S2. The van der Waals surface area contributed by atoms with Crippen LogP contribution in [0.4, 0.5) is 0 Å². The topological polar surface area (TPSA) is 58.2 Å². The molecule has 0 spiro atoms. The fourth-order valence-electron chi connectivity index (χ4n) is 1.12. The number of thioether (sulfide) groups is 1. The first-order chi connectivity index (χ1) is 7.52. The Bertz CT molecular complexity index is 256. The van der Waals surface area contributed by atoms with Crippen molar-refractivity contribution in [2.45, 2.75) is 31.9 Å². The molecule has 0 fully saturated rings. The molecule has 0 saturated carbocycles. The van der Waals surface area contributed by atoms with Gasteiger partial charge in [-0.1, -0.05) is 13.8 Å². The molecule has 0 radical (unpaired) electrons. The third kappa shape index (κ3) is 9.45. The van der Waals surface area contributed by atoms with Crippen LogP contribution >= 0.6 is 11.8 Å². The zero-order valence-electron chi connectivity index (χ0n) is 10.5. The summed E-state index contributed by atoms with van der Waals surface area (Å²) in [7, 11) is -3.09. The second-order valence-electron chi connectivity index (χ2n) is 3.80. The molecule has 0 amide bonds. The normalized spacial score (nSPS) is 13.9. The second-order valence-corrected chi connectivity index (χ2v) is 7.00. The van der Waals surface area contributed by atoms with Crippen molar-refractivity contribution < 1.29 is 8.42 Å². The van der Waals surface area contributed by atoms with E-state index in [1.807, 2.05) is 6.26 Å². The average molecular weight is 268 g/mol. The Morgan fingerprint density at radius 2 is 1.94 bits per heavy atom. The highest BCUT2D eigenvalue weighted by Gasteiger charge is 2.09. The van der Waals surface area contributed by atoms with Crippen LogP contribution in [-0.2, 0) is 10.0 Å². The molecule has 0 heterocycles. The Balaban J connectivity index is 3.62. The minimum Gasteiger partial charge on any atom is -0.316 e. The third-order valence-corrected chi connectivity index (χ3v) is 4.68. The van der Waals surface area contributed by atoms with Crippen LogP contribution < -0.4 is 10.0 Å². The second kappa shape index (κ2) is 9.27. The van der Waals surface area contributed by atoms with Gasteiger partial charge in [0, 0.05) is 18.3 Å². The molecule has 0 bridgehead atoms. The van der Waals surface area contributed by atoms with Crippen LogP contribution in [0.3, 0.4) is 0 Å². The number of rotatable bonds is 10. The number of hydrogen-bond donors (Lipinski definition) is 2. The molecule has 0 aliphatic carbocycles. The number of nitrogens with one attached hydrogen (secondary N) is 2. The minimum absolute atomic E-state index is 0.167. The smallest absolute Gasteiger partial charge is 0.212 e. The molecule has 0 aromatic carbocycles. The summed E-state index contributed by atoms with van der Waals surface area (Å²) >= 11 is 1.75. The molecule has 0 aliphatic rings. The van der Waals surface area contributed by atoms with Crippen LogP contribution in [0.1, 0.15) is 26.7 Å². The molecule has 1 atom stereocenters. The quantitative estimate of drug-likeness (QED) is 0.581. The standard InChI is InChI=1S/C10H24N2O2S2/c1-4-6-11-8-9-16(13,14)12-7-5-10(2)15-3/h10-12H,4-9H2,1-3H3. The van der Waals surface area contributed by atoms with Crippen molar-refractivity contribution in [3.63, 3.8) is 0 Å². The zero-order chi connectivity index (χ0) is 12.4. The van der Waals surface area contributed by atoms with E-state index < -0.39 is 10.0 Å². The Hall–Kier alpha value is 0.220. The van der Waals surface area contributed by atoms with Gasteiger partial charge in [0.25, 0.3) is 0 Å². The third-order valence-electron chi connectivity index (χ3n) is 2.25. The van der Waals surface area contributed by atoms with E-state index in [0.717, 1.165) is 19.4 Å². The Morgan fingerprint density at radius 3 is 2.50 bits per heavy atom. The largest absolute Gasteiger partial charge is 0.316 e. The van der Waals surface area contributed by atoms with Gasteiger partial charge in [0.05, 0.1) is 5.75 Å². The maximum absolute atomic E-state index is 11.5. The van der Waals surface area contributed by atoms with Crippen molar-refractivity contribution >= 4 is 21.8 Å². The SMILES string of the molecule is CCCNCCS(=O)(=O)NCCC(C)SC. The molecule has 0 aromatic heterocycles. The van der Waals surface area contributed by atoms with Gasteiger partial charge in [-0.05, 0) is 25.6 Å². The van der Waals surface area contributed by atoms with Gasteiger partial charge in [0.1, 0.15) is 0 Å². The maximum atomic E-state index is 11.5. The Morgan fingerprint density at radius 1 is 1.25 bits per heavy atom. The van der Waals surface area contributed by atoms with Crippen LogP contribution in [0.15, 0.2) is 0 Å². The molecule has 0 aromatic rings. The Kier molecular flexibility index (Phi) is 9.40. The first kappa shape index (κ1) is 16.2. The van der Waals surface area contributed by atoms with Crippen LogP contribution in [0.25, 0.3) is 0 Å². The molecule has 16 heavy (non-hydrogen) atoms. The van der Waals surface area contributed by atoms with Gasteiger partial charge in [0.15, 0.2) is 0 Å². The molecule has 0 saturated heterocycles. The van der Waals surface area contributed by atoms with E-state index in [9.17, 15) is 8.42 Å². The minimum atomic E-state index is -3.09. The van der Waals surface area contributed by atoms with Crippen molar-refractivity contribution in [2.75, 3.05) is 31.6 Å². The molecule has 6 heteroatoms. The summed E-state index contributed by atoms with van der Waals surface area (Å²) < 4.78 is 25.6. The number of hydrogen-bond acceptors (Lipinski definition) is 4. The van der Waals surface area contributed by atoms with Gasteiger partial charge in [-0.15, -0.1) is 0 Å². The molecular weight excluding hydrogens is 244 g/mol. The molecule has 0 rings (SSSR count). The van der Waals surface area contributed by atoms with E-state index in [2.05, 4.69) is 23.9 Å². The predicted octanol–water partition coefficient (Wildman–Crippen LogP) is 1.05. The molecule has 0 aliphatic heterocycles. The van der Waals surface area contributed by atoms with Crippen molar-refractivity contribution in [2.24, 2.45) is 0 Å². The lowest BCUT2D eigenvalue weighted by molar-refractivity contribution is 0.574. The molecule has 2 N–H and O–H groups in total. The lowest BCUT2D eigenvalue weighted by Crippen LogP contribution is -2.33. The van der Waals surface area contributed by atoms with Crippen LogP contribution in [-0.4, -0.2) is 45.3 Å². The van der Waals surface area contributed by atoms with Crippen LogP contribution in [0.5, 0.6) is 0 Å². The van der Waals surface area contributed by atoms with Crippen molar-refractivity contribution in [3.8, 4) is 0 Å². The summed E-state index contributed by atoms with van der Waals surface area (Å²) in [6, 6.07) is 0. The van der Waals surface area contributed by atoms with Crippen molar-refractivity contribution in [1.29, 1.82) is 0 Å². The van der Waals surface area contributed by atoms with Gasteiger partial charge in [-0.3, -0.25) is 0 Å². The van der Waals surface area contributed by atoms with E-state index in [1.165, 1.54) is 0 Å². The van der Waals surface area contributed by atoms with Gasteiger partial charge in [-0.2, -0.15) is 11.8 Å². The van der Waals surface area contributed by atoms with E-state index in [4.69, 9.17) is 0 Å². The number of sulfonamides is 1. The van der Waals surface area contributed by atoms with E-state index in [0.29, 0.717) is 18.3 Å². The first-order valence-corrected chi connectivity index (χ1v) is 8.66. The molecule has 4 nitrogen and oxygen atoms in total. The zero-order valence-corrected chi connectivity index (χ0v) is 12.1. The highest BCUT2D eigenvalue weighted by Crippen LogP contribution is 2.08. The summed E-state index contributed by atoms with van der Waals surface area (Å²) in [6.45, 7) is 6.10. The summed E-state index contributed by atoms with van der Waals surface area (Å²) in [5, 5.41) is 3.58. The van der Waals surface area contributed by atoms with Gasteiger partial charge < -0.3 is 5.32 Å². The van der Waals surface area contributed by atoms with Crippen molar-refractivity contribution in [3.05, 3.63) is 0 Å². The fraction of sp³-hybridized carbons (Fsp3) is 1.00. The summed E-state index contributed by atoms with van der Waals surface area (Å²) in [4.78, 5) is 0. The van der Waals surface area contributed by atoms with Gasteiger partial charge in [0.2, 0.25) is 10.0 Å². The predicted molar refractivity (Wildman–Crippen MR) is 72.5 cm³/mol. The fourth-order valence-corrected chi connectivity index (χ4v) is 2.46. The van der Waals surface area contributed by atoms with Gasteiger partial charge >= 0.3 is 0 Å². The Labute approximate surface area is 104 Å². The lowest BCUT2D eigenvalue weighted by Gasteiger charge is -2.10. The molecule has 1 unspecified atom stereocenters. The maximum Gasteiger partial charge on any atom is 0.212 e. The van der Waals surface area contributed by atoms with Gasteiger partial charge in [-0.25, -0.2) is 13.1 Å². The molecule has 98 valence electrons. The highest BCUT2D eigenvalue weighted by molar-refractivity contribution is 7.99. The summed E-state index contributed by atoms with van der Waals surface area (Å²) in [5.41, 5.74) is 0. The van der Waals surface area contributed by atoms with E-state index >= 15 is 0 Å².